The van der Waals surface area contributed by atoms with Crippen LogP contribution in [0.15, 0.2) is 24.3 Å². The van der Waals surface area contributed by atoms with Crippen molar-refractivity contribution in [1.29, 1.82) is 0 Å². The van der Waals surface area contributed by atoms with E-state index in [4.69, 9.17) is 4.74 Å². The number of benzene rings is 1. The van der Waals surface area contributed by atoms with E-state index in [1.54, 1.807) is 4.90 Å². The molecule has 0 saturated heterocycles. The molecular formula is C19H28N2O3. The molecule has 0 unspecified atom stereocenters. The van der Waals surface area contributed by atoms with E-state index in [0.717, 1.165) is 37.1 Å². The van der Waals surface area contributed by atoms with Gasteiger partial charge in [-0.15, -0.1) is 0 Å². The highest BCUT2D eigenvalue weighted by atomic mass is 16.5. The van der Waals surface area contributed by atoms with Gasteiger partial charge in [0.25, 0.3) is 5.91 Å². The van der Waals surface area contributed by atoms with E-state index in [9.17, 15) is 9.59 Å². The molecule has 1 aromatic carbocycles. The van der Waals surface area contributed by atoms with Gasteiger partial charge in [-0.25, -0.2) is 0 Å². The largest absolute Gasteiger partial charge is 0.464 e. The standard InChI is InChI=1S/C19H28N2O3/c1-4-5-6-7-12-17(22)24-14-13-21-16-11-9-8-10-15(16)20-19(2,3)18(21)23/h8-11,20H,4-7,12-14H2,1-3H3. The summed E-state index contributed by atoms with van der Waals surface area (Å²) >= 11 is 0. The van der Waals surface area contributed by atoms with Crippen LogP contribution in [0.1, 0.15) is 52.9 Å². The van der Waals surface area contributed by atoms with Gasteiger partial charge in [0.2, 0.25) is 0 Å². The molecule has 5 nitrogen and oxygen atoms in total. The van der Waals surface area contributed by atoms with E-state index in [1.165, 1.54) is 0 Å². The number of fused-ring (bicyclic) bond motifs is 1. The first-order valence-electron chi connectivity index (χ1n) is 8.80. The fourth-order valence-corrected chi connectivity index (χ4v) is 2.89. The molecule has 24 heavy (non-hydrogen) atoms. The van der Waals surface area contributed by atoms with E-state index in [0.29, 0.717) is 13.0 Å². The van der Waals surface area contributed by atoms with Crippen LogP contribution in [0, 0.1) is 0 Å². The zero-order valence-corrected chi connectivity index (χ0v) is 14.9. The number of hydrogen-bond acceptors (Lipinski definition) is 4. The maximum Gasteiger partial charge on any atom is 0.305 e. The summed E-state index contributed by atoms with van der Waals surface area (Å²) < 4.78 is 5.30. The first kappa shape index (κ1) is 18.3. The second-order valence-electron chi connectivity index (χ2n) is 6.76. The molecule has 1 N–H and O–H groups in total. The predicted molar refractivity (Wildman–Crippen MR) is 96.2 cm³/mol. The number of nitrogens with zero attached hydrogens (tertiary/aromatic N) is 1. The third-order valence-corrected chi connectivity index (χ3v) is 4.23. The topological polar surface area (TPSA) is 58.6 Å². The molecule has 0 aliphatic carbocycles. The van der Waals surface area contributed by atoms with Crippen LogP contribution in [-0.2, 0) is 14.3 Å². The first-order chi connectivity index (χ1) is 11.5. The van der Waals surface area contributed by atoms with Crippen LogP contribution in [0.4, 0.5) is 11.4 Å². The lowest BCUT2D eigenvalue weighted by atomic mass is 9.98. The maximum absolute atomic E-state index is 12.7. The number of unbranched alkanes of at least 4 members (excludes halogenated alkanes) is 3. The number of rotatable bonds is 8. The highest BCUT2D eigenvalue weighted by molar-refractivity contribution is 6.07. The van der Waals surface area contributed by atoms with Gasteiger partial charge >= 0.3 is 5.97 Å². The molecule has 132 valence electrons. The number of para-hydroxylation sites is 2. The quantitative estimate of drug-likeness (QED) is 0.582. The van der Waals surface area contributed by atoms with Crippen LogP contribution in [0.2, 0.25) is 0 Å². The Balaban J connectivity index is 1.89. The summed E-state index contributed by atoms with van der Waals surface area (Å²) in [5.74, 6) is -0.193. The van der Waals surface area contributed by atoms with Crippen molar-refractivity contribution in [2.75, 3.05) is 23.4 Å². The molecule has 0 atom stereocenters. The molecular weight excluding hydrogens is 304 g/mol. The van der Waals surface area contributed by atoms with Gasteiger partial charge in [0.15, 0.2) is 0 Å². The summed E-state index contributed by atoms with van der Waals surface area (Å²) in [5, 5.41) is 3.26. The number of amides is 1. The summed E-state index contributed by atoms with van der Waals surface area (Å²) in [5.41, 5.74) is 1.09. The molecule has 2 rings (SSSR count). The third kappa shape index (κ3) is 4.49. The number of hydrogen-bond donors (Lipinski definition) is 1. The van der Waals surface area contributed by atoms with Gasteiger partial charge in [-0.05, 0) is 32.4 Å². The Morgan fingerprint density at radius 3 is 2.71 bits per heavy atom. The lowest BCUT2D eigenvalue weighted by Crippen LogP contribution is -2.54. The lowest BCUT2D eigenvalue weighted by Gasteiger charge is -2.39. The molecule has 0 spiro atoms. The minimum Gasteiger partial charge on any atom is -0.464 e. The van der Waals surface area contributed by atoms with E-state index < -0.39 is 5.54 Å². The van der Waals surface area contributed by atoms with Gasteiger partial charge in [-0.2, -0.15) is 0 Å². The van der Waals surface area contributed by atoms with Gasteiger partial charge in [0, 0.05) is 6.42 Å². The Bertz CT molecular complexity index is 584. The van der Waals surface area contributed by atoms with Crippen LogP contribution in [0.5, 0.6) is 0 Å². The second-order valence-corrected chi connectivity index (χ2v) is 6.76. The summed E-state index contributed by atoms with van der Waals surface area (Å²) in [6, 6.07) is 7.70. The van der Waals surface area contributed by atoms with Crippen molar-refractivity contribution >= 4 is 23.3 Å². The summed E-state index contributed by atoms with van der Waals surface area (Å²) in [6.45, 7) is 6.46. The predicted octanol–water partition coefficient (Wildman–Crippen LogP) is 3.74. The maximum atomic E-state index is 12.7. The van der Waals surface area contributed by atoms with Crippen molar-refractivity contribution < 1.29 is 14.3 Å². The normalized spacial score (nSPS) is 15.6. The summed E-state index contributed by atoms with van der Waals surface area (Å²) in [6.07, 6.45) is 4.68. The smallest absolute Gasteiger partial charge is 0.305 e. The van der Waals surface area contributed by atoms with Gasteiger partial charge in [-0.1, -0.05) is 38.3 Å². The molecule has 0 saturated carbocycles. The Morgan fingerprint density at radius 1 is 1.21 bits per heavy atom. The Kier molecular flexibility index (Phi) is 6.23. The Labute approximate surface area is 144 Å². The Hall–Kier alpha value is -2.04. The van der Waals surface area contributed by atoms with Crippen molar-refractivity contribution in [3.8, 4) is 0 Å². The molecule has 0 radical (unpaired) electrons. The summed E-state index contributed by atoms with van der Waals surface area (Å²) in [7, 11) is 0. The van der Waals surface area contributed by atoms with Crippen molar-refractivity contribution in [2.45, 2.75) is 58.4 Å². The number of carbonyl (C=O) groups excluding carboxylic acids is 2. The van der Waals surface area contributed by atoms with Gasteiger partial charge in [-0.3, -0.25) is 9.59 Å². The van der Waals surface area contributed by atoms with Crippen molar-refractivity contribution in [1.82, 2.24) is 0 Å². The van der Waals surface area contributed by atoms with E-state index in [-0.39, 0.29) is 18.5 Å². The van der Waals surface area contributed by atoms with E-state index >= 15 is 0 Å². The molecule has 1 aromatic rings. The zero-order valence-electron chi connectivity index (χ0n) is 14.9. The van der Waals surface area contributed by atoms with Gasteiger partial charge in [0.1, 0.15) is 12.1 Å². The first-order valence-corrected chi connectivity index (χ1v) is 8.80. The average molecular weight is 332 g/mol. The van der Waals surface area contributed by atoms with Crippen LogP contribution in [0.3, 0.4) is 0 Å². The average Bonchev–Trinajstić information content (AvgIpc) is 2.55. The number of ether oxygens (including phenoxy) is 1. The van der Waals surface area contributed by atoms with E-state index in [1.807, 2.05) is 38.1 Å². The SMILES string of the molecule is CCCCCCC(=O)OCCN1C(=O)C(C)(C)Nc2ccccc21. The van der Waals surface area contributed by atoms with Gasteiger partial charge in [0.05, 0.1) is 17.9 Å². The van der Waals surface area contributed by atoms with Crippen molar-refractivity contribution in [3.05, 3.63) is 24.3 Å². The number of nitrogens with one attached hydrogen (secondary N) is 1. The van der Waals surface area contributed by atoms with Gasteiger partial charge < -0.3 is 15.0 Å². The second kappa shape index (κ2) is 8.18. The fraction of sp³-hybridized carbons (Fsp3) is 0.579. The molecule has 1 aliphatic heterocycles. The van der Waals surface area contributed by atoms with E-state index in [2.05, 4.69) is 12.2 Å². The molecule has 0 aromatic heterocycles. The van der Waals surface area contributed by atoms with Crippen LogP contribution < -0.4 is 10.2 Å². The molecule has 0 fully saturated rings. The summed E-state index contributed by atoms with van der Waals surface area (Å²) in [4.78, 5) is 26.1. The van der Waals surface area contributed by atoms with Crippen molar-refractivity contribution in [3.63, 3.8) is 0 Å². The molecule has 5 heteroatoms. The van der Waals surface area contributed by atoms with Crippen LogP contribution in [-0.4, -0.2) is 30.6 Å². The molecule has 1 heterocycles. The Morgan fingerprint density at radius 2 is 1.96 bits per heavy atom. The highest BCUT2D eigenvalue weighted by Crippen LogP contribution is 2.34. The van der Waals surface area contributed by atoms with Crippen LogP contribution in [0.25, 0.3) is 0 Å². The third-order valence-electron chi connectivity index (χ3n) is 4.23. The number of anilines is 2. The highest BCUT2D eigenvalue weighted by Gasteiger charge is 2.38. The minimum atomic E-state index is -0.668. The lowest BCUT2D eigenvalue weighted by molar-refractivity contribution is -0.143. The fourth-order valence-electron chi connectivity index (χ4n) is 2.89. The number of carbonyl (C=O) groups is 2. The zero-order chi connectivity index (χ0) is 17.6. The molecule has 0 bridgehead atoms. The molecule has 1 aliphatic rings. The molecule has 1 amide bonds. The number of esters is 1. The van der Waals surface area contributed by atoms with Crippen LogP contribution >= 0.6 is 0 Å². The minimum absolute atomic E-state index is 0.0137. The van der Waals surface area contributed by atoms with Crippen molar-refractivity contribution in [2.24, 2.45) is 0 Å². The monoisotopic (exact) mass is 332 g/mol.